The van der Waals surface area contributed by atoms with Crippen molar-refractivity contribution >= 4 is 28.3 Å². The second-order valence-corrected chi connectivity index (χ2v) is 9.68. The van der Waals surface area contributed by atoms with Crippen molar-refractivity contribution in [3.63, 3.8) is 0 Å². The van der Waals surface area contributed by atoms with Gasteiger partial charge in [0.1, 0.15) is 0 Å². The number of hydrogen-bond acceptors (Lipinski definition) is 4. The second kappa shape index (κ2) is 9.02. The number of nitrogens with zero attached hydrogens (tertiary/aromatic N) is 1. The molecule has 146 valence electrons. The zero-order valence-corrected chi connectivity index (χ0v) is 16.7. The standard InChI is InChI=1S/C17H31N3O3S.ClH/c1-13-16(9-4-10-18-13)19-24(22,23)15-8-5-11-20(12-15)17(21)14-6-2-3-7-14;/h13-16,18-19H,2-12H2,1H3;1H. The van der Waals surface area contributed by atoms with Gasteiger partial charge in [-0.3, -0.25) is 4.79 Å². The van der Waals surface area contributed by atoms with Crippen molar-refractivity contribution < 1.29 is 13.2 Å². The molecule has 2 saturated heterocycles. The summed E-state index contributed by atoms with van der Waals surface area (Å²) in [4.78, 5) is 14.4. The van der Waals surface area contributed by atoms with Crippen molar-refractivity contribution in [3.05, 3.63) is 0 Å². The number of piperidine rings is 2. The first-order valence-corrected chi connectivity index (χ1v) is 11.1. The highest BCUT2D eigenvalue weighted by Crippen LogP contribution is 2.28. The maximum atomic E-state index is 12.8. The summed E-state index contributed by atoms with van der Waals surface area (Å²) in [5, 5.41) is 2.86. The van der Waals surface area contributed by atoms with Crippen LogP contribution in [0.2, 0.25) is 0 Å². The number of halogens is 1. The number of carbonyl (C=O) groups is 1. The molecule has 3 aliphatic rings. The van der Waals surface area contributed by atoms with Crippen LogP contribution in [0, 0.1) is 5.92 Å². The molecule has 8 heteroatoms. The van der Waals surface area contributed by atoms with Crippen LogP contribution in [0.1, 0.15) is 58.3 Å². The van der Waals surface area contributed by atoms with E-state index in [1.165, 1.54) is 0 Å². The van der Waals surface area contributed by atoms with E-state index in [1.807, 2.05) is 11.8 Å². The molecule has 2 heterocycles. The molecule has 0 aromatic rings. The van der Waals surface area contributed by atoms with E-state index in [4.69, 9.17) is 0 Å². The first kappa shape index (κ1) is 20.9. The first-order chi connectivity index (χ1) is 11.5. The van der Waals surface area contributed by atoms with Gasteiger partial charge in [-0.15, -0.1) is 12.4 Å². The van der Waals surface area contributed by atoms with E-state index in [0.29, 0.717) is 19.5 Å². The maximum Gasteiger partial charge on any atom is 0.225 e. The van der Waals surface area contributed by atoms with Gasteiger partial charge in [0.2, 0.25) is 15.9 Å². The Kier molecular flexibility index (Phi) is 7.55. The van der Waals surface area contributed by atoms with Crippen LogP contribution in [0.3, 0.4) is 0 Å². The minimum atomic E-state index is -3.39. The molecule has 0 aromatic carbocycles. The molecule has 2 aliphatic heterocycles. The van der Waals surface area contributed by atoms with Crippen LogP contribution in [0.25, 0.3) is 0 Å². The highest BCUT2D eigenvalue weighted by Gasteiger charge is 2.37. The maximum absolute atomic E-state index is 12.8. The number of nitrogens with one attached hydrogen (secondary N) is 2. The minimum absolute atomic E-state index is 0. The summed E-state index contributed by atoms with van der Waals surface area (Å²) in [6, 6.07) is 0.123. The molecule has 1 amide bonds. The summed E-state index contributed by atoms with van der Waals surface area (Å²) in [5.74, 6) is 0.307. The summed E-state index contributed by atoms with van der Waals surface area (Å²) in [6.07, 6.45) is 7.49. The van der Waals surface area contributed by atoms with Crippen molar-refractivity contribution in [2.75, 3.05) is 19.6 Å². The lowest BCUT2D eigenvalue weighted by molar-refractivity contribution is -0.136. The normalized spacial score (nSPS) is 31.6. The van der Waals surface area contributed by atoms with Crippen LogP contribution in [-0.4, -0.2) is 56.2 Å². The van der Waals surface area contributed by atoms with Gasteiger partial charge in [-0.2, -0.15) is 0 Å². The Morgan fingerprint density at radius 1 is 1.08 bits per heavy atom. The van der Waals surface area contributed by atoms with Gasteiger partial charge in [0.25, 0.3) is 0 Å². The third-order valence-corrected chi connectivity index (χ3v) is 7.80. The number of rotatable bonds is 4. The molecule has 3 unspecified atom stereocenters. The van der Waals surface area contributed by atoms with Gasteiger partial charge < -0.3 is 10.2 Å². The predicted octanol–water partition coefficient (Wildman–Crippen LogP) is 1.65. The van der Waals surface area contributed by atoms with Crippen LogP contribution in [0.4, 0.5) is 0 Å². The largest absolute Gasteiger partial charge is 0.341 e. The SMILES string of the molecule is CC1NCCCC1NS(=O)(=O)C1CCCN(C(=O)C2CCCC2)C1.Cl. The molecule has 1 aliphatic carbocycles. The monoisotopic (exact) mass is 393 g/mol. The van der Waals surface area contributed by atoms with Crippen LogP contribution in [0.5, 0.6) is 0 Å². The van der Waals surface area contributed by atoms with Gasteiger partial charge in [-0.25, -0.2) is 13.1 Å². The summed E-state index contributed by atoms with van der Waals surface area (Å²) in [7, 11) is -3.39. The van der Waals surface area contributed by atoms with E-state index >= 15 is 0 Å². The van der Waals surface area contributed by atoms with Gasteiger partial charge in [0, 0.05) is 31.1 Å². The molecule has 0 bridgehead atoms. The lowest BCUT2D eigenvalue weighted by atomic mass is 10.0. The summed E-state index contributed by atoms with van der Waals surface area (Å²) >= 11 is 0. The molecule has 25 heavy (non-hydrogen) atoms. The van der Waals surface area contributed by atoms with Crippen LogP contribution in [0.15, 0.2) is 0 Å². The van der Waals surface area contributed by atoms with Crippen LogP contribution in [-0.2, 0) is 14.8 Å². The molecule has 2 N–H and O–H groups in total. The topological polar surface area (TPSA) is 78.5 Å². The van der Waals surface area contributed by atoms with Gasteiger partial charge >= 0.3 is 0 Å². The Labute approximate surface area is 157 Å². The molecule has 6 nitrogen and oxygen atoms in total. The number of carbonyl (C=O) groups excluding carboxylic acids is 1. The lowest BCUT2D eigenvalue weighted by Gasteiger charge is -2.36. The fourth-order valence-electron chi connectivity index (χ4n) is 4.33. The van der Waals surface area contributed by atoms with Crippen molar-refractivity contribution in [2.24, 2.45) is 5.92 Å². The van der Waals surface area contributed by atoms with Crippen molar-refractivity contribution in [2.45, 2.75) is 75.6 Å². The third kappa shape index (κ3) is 5.08. The summed E-state index contributed by atoms with van der Waals surface area (Å²) in [6.45, 7) is 4.05. The van der Waals surface area contributed by atoms with Gasteiger partial charge in [0.05, 0.1) is 5.25 Å². The lowest BCUT2D eigenvalue weighted by Crippen LogP contribution is -2.56. The molecule has 0 aromatic heterocycles. The Morgan fingerprint density at radius 3 is 2.48 bits per heavy atom. The molecule has 0 radical (unpaired) electrons. The smallest absolute Gasteiger partial charge is 0.225 e. The molecular weight excluding hydrogens is 362 g/mol. The number of likely N-dealkylation sites (tertiary alicyclic amines) is 1. The molecule has 1 saturated carbocycles. The number of sulfonamides is 1. The zero-order valence-electron chi connectivity index (χ0n) is 15.1. The molecule has 3 rings (SSSR count). The average molecular weight is 394 g/mol. The van der Waals surface area contributed by atoms with E-state index in [-0.39, 0.29) is 36.3 Å². The fraction of sp³-hybridized carbons (Fsp3) is 0.941. The zero-order chi connectivity index (χ0) is 17.2. The minimum Gasteiger partial charge on any atom is -0.341 e. The fourth-order valence-corrected chi connectivity index (χ4v) is 6.12. The Hall–Kier alpha value is -0.370. The van der Waals surface area contributed by atoms with Gasteiger partial charge in [-0.1, -0.05) is 12.8 Å². The number of hydrogen-bond donors (Lipinski definition) is 2. The van der Waals surface area contributed by atoms with Crippen molar-refractivity contribution in [1.29, 1.82) is 0 Å². The summed E-state index contributed by atoms with van der Waals surface area (Å²) in [5.41, 5.74) is 0. The van der Waals surface area contributed by atoms with E-state index < -0.39 is 15.3 Å². The Balaban J connectivity index is 0.00000225. The third-order valence-electron chi connectivity index (χ3n) is 5.91. The quantitative estimate of drug-likeness (QED) is 0.761. The molecule has 3 fully saturated rings. The highest BCUT2D eigenvalue weighted by molar-refractivity contribution is 7.90. The highest BCUT2D eigenvalue weighted by atomic mass is 35.5. The van der Waals surface area contributed by atoms with E-state index in [2.05, 4.69) is 10.0 Å². The van der Waals surface area contributed by atoms with Crippen LogP contribution < -0.4 is 10.0 Å². The number of amides is 1. The Morgan fingerprint density at radius 2 is 1.80 bits per heavy atom. The second-order valence-electron chi connectivity index (χ2n) is 7.68. The molecule has 3 atom stereocenters. The predicted molar refractivity (Wildman–Crippen MR) is 101 cm³/mol. The van der Waals surface area contributed by atoms with E-state index in [1.54, 1.807) is 0 Å². The van der Waals surface area contributed by atoms with E-state index in [9.17, 15) is 13.2 Å². The van der Waals surface area contributed by atoms with E-state index in [0.717, 1.165) is 51.5 Å². The van der Waals surface area contributed by atoms with Crippen molar-refractivity contribution in [3.8, 4) is 0 Å². The van der Waals surface area contributed by atoms with Crippen molar-refractivity contribution in [1.82, 2.24) is 14.9 Å². The molecule has 0 spiro atoms. The Bertz CT molecular complexity index is 551. The van der Waals surface area contributed by atoms with Crippen LogP contribution >= 0.6 is 12.4 Å². The average Bonchev–Trinajstić information content (AvgIpc) is 3.11. The molecular formula is C17H32ClN3O3S. The summed E-state index contributed by atoms with van der Waals surface area (Å²) < 4.78 is 28.5. The first-order valence-electron chi connectivity index (χ1n) is 9.50. The van der Waals surface area contributed by atoms with Gasteiger partial charge in [0.15, 0.2) is 0 Å². The van der Waals surface area contributed by atoms with Gasteiger partial charge in [-0.05, 0) is 52.0 Å².